The Balaban J connectivity index is 1.89. The summed E-state index contributed by atoms with van der Waals surface area (Å²) >= 11 is 6.85. The Hall–Kier alpha value is -1.92. The summed E-state index contributed by atoms with van der Waals surface area (Å²) in [4.78, 5) is 23.8. The molecule has 0 saturated heterocycles. The molecule has 0 aliphatic rings. The third-order valence-corrected chi connectivity index (χ3v) is 3.87. The van der Waals surface area contributed by atoms with E-state index in [0.29, 0.717) is 10.6 Å². The van der Waals surface area contributed by atoms with E-state index in [1.54, 1.807) is 18.4 Å². The first-order valence-corrected chi connectivity index (χ1v) is 7.19. The summed E-state index contributed by atoms with van der Waals surface area (Å²) < 4.78 is 17.9. The highest BCUT2D eigenvalue weighted by atomic mass is 35.5. The lowest BCUT2D eigenvalue weighted by molar-refractivity contribution is -0.119. The third kappa shape index (κ3) is 4.03. The quantitative estimate of drug-likeness (QED) is 0.872. The van der Waals surface area contributed by atoms with E-state index in [1.165, 1.54) is 23.5 Å². The van der Waals surface area contributed by atoms with Gasteiger partial charge in [-0.05, 0) is 42.1 Å². The van der Waals surface area contributed by atoms with Crippen molar-refractivity contribution in [3.8, 4) is 0 Å². The van der Waals surface area contributed by atoms with Gasteiger partial charge in [-0.3, -0.25) is 4.79 Å². The predicted octanol–water partition coefficient (Wildman–Crippen LogP) is 3.64. The molecular formula is C14H11ClFNO3S. The first-order chi connectivity index (χ1) is 9.97. The van der Waals surface area contributed by atoms with E-state index in [-0.39, 0.29) is 5.02 Å². The standard InChI is InChI=1S/C14H11ClFNO3S/c1-8-4-5-21-13(8)14(19)20-7-12(18)17-9-2-3-11(16)10(15)6-9/h2-6H,7H2,1H3,(H,17,18). The molecule has 0 saturated carbocycles. The summed E-state index contributed by atoms with van der Waals surface area (Å²) in [6, 6.07) is 5.57. The second-order valence-electron chi connectivity index (χ2n) is 4.19. The minimum atomic E-state index is -0.575. The van der Waals surface area contributed by atoms with Crippen molar-refractivity contribution in [1.29, 1.82) is 0 Å². The largest absolute Gasteiger partial charge is 0.451 e. The van der Waals surface area contributed by atoms with Crippen LogP contribution in [0.1, 0.15) is 15.2 Å². The molecule has 110 valence electrons. The molecule has 0 unspecified atom stereocenters. The average Bonchev–Trinajstić information content (AvgIpc) is 2.86. The molecule has 0 spiro atoms. The lowest BCUT2D eigenvalue weighted by Gasteiger charge is -2.07. The molecule has 0 aliphatic heterocycles. The zero-order valence-corrected chi connectivity index (χ0v) is 12.6. The zero-order valence-electron chi connectivity index (χ0n) is 11.0. The fourth-order valence-corrected chi connectivity index (χ4v) is 2.55. The molecule has 2 rings (SSSR count). The van der Waals surface area contributed by atoms with E-state index < -0.39 is 24.3 Å². The number of amides is 1. The highest BCUT2D eigenvalue weighted by Gasteiger charge is 2.14. The van der Waals surface area contributed by atoms with E-state index in [2.05, 4.69) is 5.32 Å². The van der Waals surface area contributed by atoms with Gasteiger partial charge >= 0.3 is 5.97 Å². The molecule has 7 heteroatoms. The summed E-state index contributed by atoms with van der Waals surface area (Å²) in [7, 11) is 0. The smallest absolute Gasteiger partial charge is 0.349 e. The third-order valence-electron chi connectivity index (χ3n) is 2.59. The first-order valence-electron chi connectivity index (χ1n) is 5.93. The second kappa shape index (κ2) is 6.69. The van der Waals surface area contributed by atoms with Crippen molar-refractivity contribution in [2.24, 2.45) is 0 Å². The molecule has 1 amide bonds. The number of hydrogen-bond acceptors (Lipinski definition) is 4. The van der Waals surface area contributed by atoms with Crippen molar-refractivity contribution in [3.05, 3.63) is 50.9 Å². The highest BCUT2D eigenvalue weighted by Crippen LogP contribution is 2.19. The molecule has 4 nitrogen and oxygen atoms in total. The van der Waals surface area contributed by atoms with Gasteiger partial charge < -0.3 is 10.1 Å². The average molecular weight is 328 g/mol. The molecule has 1 aromatic heterocycles. The van der Waals surface area contributed by atoms with Crippen LogP contribution in [-0.4, -0.2) is 18.5 Å². The first kappa shape index (κ1) is 15.5. The molecule has 1 N–H and O–H groups in total. The van der Waals surface area contributed by atoms with Crippen molar-refractivity contribution in [2.75, 3.05) is 11.9 Å². The molecule has 0 bridgehead atoms. The Bertz CT molecular complexity index is 687. The molecule has 2 aromatic rings. The van der Waals surface area contributed by atoms with E-state index in [9.17, 15) is 14.0 Å². The van der Waals surface area contributed by atoms with Crippen molar-refractivity contribution in [2.45, 2.75) is 6.92 Å². The summed E-state index contributed by atoms with van der Waals surface area (Å²) in [5.74, 6) is -1.65. The number of esters is 1. The van der Waals surface area contributed by atoms with Gasteiger partial charge in [0.05, 0.1) is 5.02 Å². The Kier molecular flexibility index (Phi) is 4.93. The van der Waals surface area contributed by atoms with Gasteiger partial charge in [0.25, 0.3) is 5.91 Å². The number of benzene rings is 1. The maximum atomic E-state index is 13.0. The Morgan fingerprint density at radius 2 is 2.14 bits per heavy atom. The van der Waals surface area contributed by atoms with Crippen LogP contribution in [0.2, 0.25) is 5.02 Å². The van der Waals surface area contributed by atoms with Gasteiger partial charge in [-0.1, -0.05) is 11.6 Å². The van der Waals surface area contributed by atoms with Crippen LogP contribution in [0.5, 0.6) is 0 Å². The number of carbonyl (C=O) groups excluding carboxylic acids is 2. The minimum Gasteiger partial charge on any atom is -0.451 e. The van der Waals surface area contributed by atoms with Gasteiger partial charge in [0.15, 0.2) is 6.61 Å². The van der Waals surface area contributed by atoms with Crippen molar-refractivity contribution in [3.63, 3.8) is 0 Å². The molecule has 0 fully saturated rings. The monoisotopic (exact) mass is 327 g/mol. The van der Waals surface area contributed by atoms with Crippen molar-refractivity contribution >= 4 is 40.5 Å². The van der Waals surface area contributed by atoms with Crippen LogP contribution in [0.15, 0.2) is 29.6 Å². The van der Waals surface area contributed by atoms with Gasteiger partial charge in [0.2, 0.25) is 0 Å². The van der Waals surface area contributed by atoms with Gasteiger partial charge in [-0.25, -0.2) is 9.18 Å². The molecular weight excluding hydrogens is 317 g/mol. The molecule has 0 aliphatic carbocycles. The van der Waals surface area contributed by atoms with Crippen LogP contribution in [0.25, 0.3) is 0 Å². The number of nitrogens with one attached hydrogen (secondary N) is 1. The number of anilines is 1. The van der Waals surface area contributed by atoms with Crippen LogP contribution >= 0.6 is 22.9 Å². The highest BCUT2D eigenvalue weighted by molar-refractivity contribution is 7.12. The second-order valence-corrected chi connectivity index (χ2v) is 5.51. The summed E-state index contributed by atoms with van der Waals surface area (Å²) in [6.07, 6.45) is 0. The normalized spacial score (nSPS) is 10.2. The van der Waals surface area contributed by atoms with Crippen LogP contribution < -0.4 is 5.32 Å². The number of halogens is 2. The Morgan fingerprint density at radius 3 is 2.76 bits per heavy atom. The Labute approximate surface area is 129 Å². The number of hydrogen-bond donors (Lipinski definition) is 1. The Morgan fingerprint density at radius 1 is 1.38 bits per heavy atom. The number of rotatable bonds is 4. The summed E-state index contributed by atoms with van der Waals surface area (Å²) in [5.41, 5.74) is 1.13. The van der Waals surface area contributed by atoms with Gasteiger partial charge in [0, 0.05) is 5.69 Å². The number of aryl methyl sites for hydroxylation is 1. The number of ether oxygens (including phenoxy) is 1. The lowest BCUT2D eigenvalue weighted by Crippen LogP contribution is -2.20. The fourth-order valence-electron chi connectivity index (χ4n) is 1.55. The molecule has 1 aromatic carbocycles. The van der Waals surface area contributed by atoms with E-state index in [4.69, 9.17) is 16.3 Å². The predicted molar refractivity (Wildman–Crippen MR) is 79.4 cm³/mol. The summed E-state index contributed by atoms with van der Waals surface area (Å²) in [5, 5.41) is 4.13. The molecule has 1 heterocycles. The molecule has 0 atom stereocenters. The number of carbonyl (C=O) groups is 2. The SMILES string of the molecule is Cc1ccsc1C(=O)OCC(=O)Nc1ccc(F)c(Cl)c1. The van der Waals surface area contributed by atoms with E-state index >= 15 is 0 Å². The van der Waals surface area contributed by atoms with Gasteiger partial charge in [-0.2, -0.15) is 0 Å². The molecule has 21 heavy (non-hydrogen) atoms. The minimum absolute atomic E-state index is 0.0981. The van der Waals surface area contributed by atoms with Gasteiger partial charge in [-0.15, -0.1) is 11.3 Å². The van der Waals surface area contributed by atoms with Crippen molar-refractivity contribution < 1.29 is 18.7 Å². The topological polar surface area (TPSA) is 55.4 Å². The fraction of sp³-hybridized carbons (Fsp3) is 0.143. The number of thiophene rings is 1. The maximum absolute atomic E-state index is 13.0. The lowest BCUT2D eigenvalue weighted by atomic mass is 10.3. The van der Waals surface area contributed by atoms with Crippen LogP contribution in [0, 0.1) is 12.7 Å². The summed E-state index contributed by atoms with van der Waals surface area (Å²) in [6.45, 7) is 1.36. The van der Waals surface area contributed by atoms with Crippen LogP contribution in [0.3, 0.4) is 0 Å². The van der Waals surface area contributed by atoms with Crippen molar-refractivity contribution in [1.82, 2.24) is 0 Å². The van der Waals surface area contributed by atoms with Crippen LogP contribution in [0.4, 0.5) is 10.1 Å². The maximum Gasteiger partial charge on any atom is 0.349 e. The van der Waals surface area contributed by atoms with Gasteiger partial charge in [0.1, 0.15) is 10.7 Å². The van der Waals surface area contributed by atoms with Crippen LogP contribution in [-0.2, 0) is 9.53 Å². The van der Waals surface area contributed by atoms with E-state index in [1.807, 2.05) is 0 Å². The van der Waals surface area contributed by atoms with E-state index in [0.717, 1.165) is 11.6 Å². The molecule has 0 radical (unpaired) electrons. The zero-order chi connectivity index (χ0) is 15.4.